The number of rotatable bonds is 9. The Labute approximate surface area is 217 Å². The van der Waals surface area contributed by atoms with Gasteiger partial charge in [-0.1, -0.05) is 53.6 Å². The van der Waals surface area contributed by atoms with Crippen LogP contribution >= 0.6 is 11.6 Å². The van der Waals surface area contributed by atoms with Crippen molar-refractivity contribution in [3.05, 3.63) is 94.5 Å². The Bertz CT molecular complexity index is 1330. The van der Waals surface area contributed by atoms with Crippen LogP contribution in [0, 0.1) is 13.8 Å². The Morgan fingerprint density at radius 3 is 2.17 bits per heavy atom. The first-order valence-corrected chi connectivity index (χ1v) is 13.3. The third-order valence-electron chi connectivity index (χ3n) is 5.86. The third-order valence-corrected chi connectivity index (χ3v) is 7.90. The van der Waals surface area contributed by atoms with Gasteiger partial charge in [0, 0.05) is 18.6 Å². The minimum Gasteiger partial charge on any atom is -0.357 e. The van der Waals surface area contributed by atoms with Crippen LogP contribution in [0.3, 0.4) is 0 Å². The van der Waals surface area contributed by atoms with Gasteiger partial charge in [0.25, 0.3) is 10.0 Å². The zero-order chi connectivity index (χ0) is 26.5. The molecule has 0 fully saturated rings. The molecule has 0 aliphatic carbocycles. The van der Waals surface area contributed by atoms with Crippen molar-refractivity contribution < 1.29 is 18.0 Å². The topological polar surface area (TPSA) is 86.8 Å². The van der Waals surface area contributed by atoms with E-state index in [1.807, 2.05) is 44.2 Å². The summed E-state index contributed by atoms with van der Waals surface area (Å²) in [5, 5.41) is 2.97. The van der Waals surface area contributed by atoms with Gasteiger partial charge in [-0.15, -0.1) is 0 Å². The van der Waals surface area contributed by atoms with Crippen molar-refractivity contribution in [2.45, 2.75) is 38.3 Å². The van der Waals surface area contributed by atoms with E-state index in [-0.39, 0.29) is 17.3 Å². The molecule has 0 saturated carbocycles. The molecule has 0 aliphatic heterocycles. The highest BCUT2D eigenvalue weighted by molar-refractivity contribution is 7.92. The van der Waals surface area contributed by atoms with Gasteiger partial charge in [0.1, 0.15) is 12.6 Å². The molecule has 3 aromatic rings. The van der Waals surface area contributed by atoms with Crippen molar-refractivity contribution in [3.63, 3.8) is 0 Å². The molecule has 0 radical (unpaired) electrons. The highest BCUT2D eigenvalue weighted by Gasteiger charge is 2.32. The number of hydrogen-bond donors (Lipinski definition) is 1. The van der Waals surface area contributed by atoms with E-state index in [4.69, 9.17) is 11.6 Å². The average Bonchev–Trinajstić information content (AvgIpc) is 2.86. The molecule has 0 aliphatic rings. The Balaban J connectivity index is 2.02. The number of amides is 2. The van der Waals surface area contributed by atoms with Gasteiger partial charge >= 0.3 is 0 Å². The molecule has 0 saturated heterocycles. The minimum absolute atomic E-state index is 0.00522. The van der Waals surface area contributed by atoms with Gasteiger partial charge in [-0.25, -0.2) is 8.42 Å². The monoisotopic (exact) mass is 527 g/mol. The summed E-state index contributed by atoms with van der Waals surface area (Å²) in [6.07, 6.45) is 0. The summed E-state index contributed by atoms with van der Waals surface area (Å²) in [4.78, 5) is 27.6. The van der Waals surface area contributed by atoms with E-state index in [0.717, 1.165) is 21.0 Å². The smallest absolute Gasteiger partial charge is 0.264 e. The molecule has 3 rings (SSSR count). The predicted molar refractivity (Wildman–Crippen MR) is 142 cm³/mol. The number of carbonyl (C=O) groups excluding carboxylic acids is 2. The van der Waals surface area contributed by atoms with Gasteiger partial charge in [0.15, 0.2) is 0 Å². The van der Waals surface area contributed by atoms with E-state index in [1.165, 1.54) is 36.2 Å². The SMILES string of the molecule is CNC(=O)[C@@H](C)N(Cc1ccc(C)cc1)C(=O)CN(c1cccc(C)c1)S(=O)(=O)c1ccc(Cl)cc1. The number of hydrogen-bond acceptors (Lipinski definition) is 4. The molecule has 36 heavy (non-hydrogen) atoms. The standard InChI is InChI=1S/C27H30ClN3O4S/c1-19-8-10-22(11-9-19)17-30(21(3)27(33)29-4)26(32)18-31(24-7-5-6-20(2)16-24)36(34,35)25-14-12-23(28)13-15-25/h5-16,21H,17-18H2,1-4H3,(H,29,33)/t21-/m1/s1. The zero-order valence-corrected chi connectivity index (χ0v) is 22.3. The summed E-state index contributed by atoms with van der Waals surface area (Å²) < 4.78 is 28.5. The largest absolute Gasteiger partial charge is 0.357 e. The number of likely N-dealkylation sites (N-methyl/N-ethyl adjacent to an activating group) is 1. The van der Waals surface area contributed by atoms with E-state index in [2.05, 4.69) is 5.32 Å². The molecule has 1 N–H and O–H groups in total. The van der Waals surface area contributed by atoms with Gasteiger partial charge in [-0.05, 0) is 68.3 Å². The first kappa shape index (κ1) is 27.2. The summed E-state index contributed by atoms with van der Waals surface area (Å²) in [5.74, 6) is -0.858. The van der Waals surface area contributed by atoms with Gasteiger partial charge in [0.2, 0.25) is 11.8 Å². The number of nitrogens with zero attached hydrogens (tertiary/aromatic N) is 2. The maximum atomic E-state index is 13.7. The van der Waals surface area contributed by atoms with E-state index in [1.54, 1.807) is 25.1 Å². The van der Waals surface area contributed by atoms with Crippen LogP contribution in [0.5, 0.6) is 0 Å². The van der Waals surface area contributed by atoms with Crippen LogP contribution in [-0.4, -0.2) is 44.8 Å². The number of nitrogens with one attached hydrogen (secondary N) is 1. The van der Waals surface area contributed by atoms with Crippen LogP contribution in [-0.2, 0) is 26.2 Å². The summed E-state index contributed by atoms with van der Waals surface area (Å²) in [6.45, 7) is 5.09. The molecule has 1 atom stereocenters. The number of sulfonamides is 1. The molecule has 7 nitrogen and oxygen atoms in total. The second-order valence-corrected chi connectivity index (χ2v) is 10.9. The second kappa shape index (κ2) is 11.6. The van der Waals surface area contributed by atoms with Crippen LogP contribution in [0.25, 0.3) is 0 Å². The molecule has 0 spiro atoms. The normalized spacial score (nSPS) is 12.0. The molecule has 3 aromatic carbocycles. The number of aryl methyl sites for hydroxylation is 2. The van der Waals surface area contributed by atoms with Gasteiger partial charge in [-0.2, -0.15) is 0 Å². The molecule has 0 unspecified atom stereocenters. The van der Waals surface area contributed by atoms with Crippen molar-refractivity contribution in [3.8, 4) is 0 Å². The minimum atomic E-state index is -4.12. The van der Waals surface area contributed by atoms with Crippen LogP contribution < -0.4 is 9.62 Å². The van der Waals surface area contributed by atoms with Crippen LogP contribution in [0.4, 0.5) is 5.69 Å². The second-order valence-electron chi connectivity index (χ2n) is 8.60. The molecular weight excluding hydrogens is 498 g/mol. The van der Waals surface area contributed by atoms with Crippen molar-refractivity contribution in [2.24, 2.45) is 0 Å². The fourth-order valence-corrected chi connectivity index (χ4v) is 5.26. The fourth-order valence-electron chi connectivity index (χ4n) is 3.73. The lowest BCUT2D eigenvalue weighted by molar-refractivity contribution is -0.139. The maximum Gasteiger partial charge on any atom is 0.264 e. The Kier molecular flexibility index (Phi) is 8.76. The Hall–Kier alpha value is -3.36. The molecular formula is C27H30ClN3O4S. The maximum absolute atomic E-state index is 13.7. The van der Waals surface area contributed by atoms with Crippen molar-refractivity contribution >= 4 is 39.1 Å². The number of carbonyl (C=O) groups is 2. The lowest BCUT2D eigenvalue weighted by atomic mass is 10.1. The van der Waals surface area contributed by atoms with Gasteiger partial charge in [0.05, 0.1) is 10.6 Å². The zero-order valence-electron chi connectivity index (χ0n) is 20.7. The van der Waals surface area contributed by atoms with Crippen LogP contribution in [0.1, 0.15) is 23.6 Å². The number of halogens is 1. The predicted octanol–water partition coefficient (Wildman–Crippen LogP) is 4.32. The van der Waals surface area contributed by atoms with Crippen LogP contribution in [0.15, 0.2) is 77.7 Å². The van der Waals surface area contributed by atoms with Crippen molar-refractivity contribution in [1.29, 1.82) is 0 Å². The lowest BCUT2D eigenvalue weighted by Crippen LogP contribution is -2.50. The van der Waals surface area contributed by atoms with E-state index < -0.39 is 28.5 Å². The van der Waals surface area contributed by atoms with Crippen LogP contribution in [0.2, 0.25) is 5.02 Å². The highest BCUT2D eigenvalue weighted by Crippen LogP contribution is 2.26. The third kappa shape index (κ3) is 6.44. The highest BCUT2D eigenvalue weighted by atomic mass is 35.5. The van der Waals surface area contributed by atoms with E-state index in [0.29, 0.717) is 10.7 Å². The molecule has 190 valence electrons. The molecule has 9 heteroatoms. The Morgan fingerprint density at radius 1 is 0.944 bits per heavy atom. The Morgan fingerprint density at radius 2 is 1.58 bits per heavy atom. The lowest BCUT2D eigenvalue weighted by Gasteiger charge is -2.32. The van der Waals surface area contributed by atoms with Crippen molar-refractivity contribution in [2.75, 3.05) is 17.9 Å². The van der Waals surface area contributed by atoms with E-state index >= 15 is 0 Å². The summed E-state index contributed by atoms with van der Waals surface area (Å²) in [5.41, 5.74) is 3.08. The molecule has 0 bridgehead atoms. The first-order chi connectivity index (χ1) is 17.0. The van der Waals surface area contributed by atoms with E-state index in [9.17, 15) is 18.0 Å². The summed E-state index contributed by atoms with van der Waals surface area (Å²) >= 11 is 5.96. The molecule has 0 aromatic heterocycles. The van der Waals surface area contributed by atoms with Gasteiger partial charge in [-0.3, -0.25) is 13.9 Å². The first-order valence-electron chi connectivity index (χ1n) is 11.4. The van der Waals surface area contributed by atoms with Crippen molar-refractivity contribution in [1.82, 2.24) is 10.2 Å². The quantitative estimate of drug-likeness (QED) is 0.449. The van der Waals surface area contributed by atoms with Gasteiger partial charge < -0.3 is 10.2 Å². The summed E-state index contributed by atoms with van der Waals surface area (Å²) in [7, 11) is -2.62. The number of anilines is 1. The number of benzene rings is 3. The fraction of sp³-hybridized carbons (Fsp3) is 0.259. The summed E-state index contributed by atoms with van der Waals surface area (Å²) in [6, 6.07) is 19.5. The average molecular weight is 528 g/mol. The molecule has 0 heterocycles. The molecule has 2 amide bonds.